The molecule has 0 N–H and O–H groups in total. The van der Waals surface area contributed by atoms with E-state index in [1.54, 1.807) is 0 Å². The lowest BCUT2D eigenvalue weighted by atomic mass is 9.74. The molecule has 2 aliphatic rings. The van der Waals surface area contributed by atoms with E-state index < -0.39 is 0 Å². The Balaban J connectivity index is 1.76. The Morgan fingerprint density at radius 2 is 1.52 bits per heavy atom. The lowest BCUT2D eigenvalue weighted by Crippen LogP contribution is -2.44. The van der Waals surface area contributed by atoms with Crippen molar-refractivity contribution >= 4 is 12.6 Å². The maximum absolute atomic E-state index is 6.38. The van der Waals surface area contributed by atoms with Gasteiger partial charge in [-0.05, 0) is 54.9 Å². The molecule has 0 amide bonds. The van der Waals surface area contributed by atoms with Crippen LogP contribution >= 0.6 is 0 Å². The molecule has 1 aliphatic carbocycles. The molecule has 1 heterocycles. The van der Waals surface area contributed by atoms with Crippen LogP contribution in [0.25, 0.3) is 11.1 Å². The highest BCUT2D eigenvalue weighted by Gasteiger charge is 2.53. The smallest absolute Gasteiger partial charge is 0.399 e. The first-order chi connectivity index (χ1) is 11.7. The predicted octanol–water partition coefficient (Wildman–Crippen LogP) is 4.68. The Morgan fingerprint density at radius 3 is 2.20 bits per heavy atom. The molecule has 0 radical (unpaired) electrons. The van der Waals surface area contributed by atoms with Crippen molar-refractivity contribution in [3.8, 4) is 11.1 Å². The molecule has 1 fully saturated rings. The minimum Gasteiger partial charge on any atom is -0.399 e. The molecule has 2 aromatic rings. The second kappa shape index (κ2) is 5.22. The molecular weight excluding hydrogens is 307 g/mol. The van der Waals surface area contributed by atoms with Gasteiger partial charge in [0.25, 0.3) is 0 Å². The van der Waals surface area contributed by atoms with E-state index in [1.165, 1.54) is 22.3 Å². The van der Waals surface area contributed by atoms with Crippen molar-refractivity contribution < 1.29 is 9.31 Å². The van der Waals surface area contributed by atoms with Crippen molar-refractivity contribution in [1.82, 2.24) is 0 Å². The van der Waals surface area contributed by atoms with Crippen molar-refractivity contribution in [2.24, 2.45) is 0 Å². The summed E-state index contributed by atoms with van der Waals surface area (Å²) < 4.78 is 12.7. The molecule has 1 saturated heterocycles. The van der Waals surface area contributed by atoms with Gasteiger partial charge in [-0.2, -0.15) is 0 Å². The normalized spacial score (nSPS) is 25.8. The van der Waals surface area contributed by atoms with E-state index in [1.807, 2.05) is 0 Å². The van der Waals surface area contributed by atoms with Gasteiger partial charge in [-0.15, -0.1) is 0 Å². The van der Waals surface area contributed by atoms with Crippen LogP contribution in [0.15, 0.2) is 42.5 Å². The van der Waals surface area contributed by atoms with E-state index in [4.69, 9.17) is 9.31 Å². The van der Waals surface area contributed by atoms with Crippen LogP contribution in [0.3, 0.4) is 0 Å². The quantitative estimate of drug-likeness (QED) is 0.742. The number of hydrogen-bond donors (Lipinski definition) is 0. The third-order valence-corrected chi connectivity index (χ3v) is 6.60. The summed E-state index contributed by atoms with van der Waals surface area (Å²) in [5.41, 5.74) is 5.99. The Labute approximate surface area is 151 Å². The molecule has 0 bridgehead atoms. The van der Waals surface area contributed by atoms with Gasteiger partial charge in [-0.1, -0.05) is 63.2 Å². The third-order valence-electron chi connectivity index (χ3n) is 6.60. The standard InChI is InChI=1S/C22H27BO2/c1-7-22(6)21(4,5)24-23(25-22)15-12-13-17-16-10-8-9-11-18(16)20(2,3)19(17)14-15/h8-14H,7H2,1-6H3. The molecular formula is C22H27BO2. The predicted molar refractivity (Wildman–Crippen MR) is 104 cm³/mol. The van der Waals surface area contributed by atoms with Crippen molar-refractivity contribution in [3.05, 3.63) is 53.6 Å². The van der Waals surface area contributed by atoms with E-state index in [0.29, 0.717) is 0 Å². The first-order valence-corrected chi connectivity index (χ1v) is 9.29. The molecule has 0 saturated carbocycles. The summed E-state index contributed by atoms with van der Waals surface area (Å²) in [6.07, 6.45) is 0.929. The van der Waals surface area contributed by atoms with E-state index >= 15 is 0 Å². The fourth-order valence-electron chi connectivity index (χ4n) is 4.31. The zero-order chi connectivity index (χ0) is 18.0. The van der Waals surface area contributed by atoms with E-state index in [0.717, 1.165) is 11.9 Å². The third kappa shape index (κ3) is 2.25. The molecule has 1 unspecified atom stereocenters. The van der Waals surface area contributed by atoms with Crippen molar-refractivity contribution in [3.63, 3.8) is 0 Å². The molecule has 2 aromatic carbocycles. The fourth-order valence-corrected chi connectivity index (χ4v) is 4.31. The average molecular weight is 334 g/mol. The second-order valence-electron chi connectivity index (χ2n) is 8.64. The van der Waals surface area contributed by atoms with Gasteiger partial charge in [0, 0.05) is 5.41 Å². The Morgan fingerprint density at radius 1 is 0.840 bits per heavy atom. The van der Waals surface area contributed by atoms with Crippen molar-refractivity contribution in [1.29, 1.82) is 0 Å². The molecule has 1 aliphatic heterocycles. The van der Waals surface area contributed by atoms with Gasteiger partial charge < -0.3 is 9.31 Å². The maximum Gasteiger partial charge on any atom is 0.494 e. The summed E-state index contributed by atoms with van der Waals surface area (Å²) in [5, 5.41) is 0. The van der Waals surface area contributed by atoms with Gasteiger partial charge in [0.05, 0.1) is 11.2 Å². The molecule has 3 heteroatoms. The van der Waals surface area contributed by atoms with E-state index in [-0.39, 0.29) is 23.7 Å². The summed E-state index contributed by atoms with van der Waals surface area (Å²) in [6.45, 7) is 13.2. The minimum absolute atomic E-state index is 0.00409. The molecule has 1 atom stereocenters. The summed E-state index contributed by atoms with van der Waals surface area (Å²) in [6, 6.07) is 15.4. The number of fused-ring (bicyclic) bond motifs is 3. The monoisotopic (exact) mass is 334 g/mol. The fraction of sp³-hybridized carbons (Fsp3) is 0.455. The first kappa shape index (κ1) is 16.9. The van der Waals surface area contributed by atoms with Crippen LogP contribution in [0.2, 0.25) is 0 Å². The van der Waals surface area contributed by atoms with Gasteiger partial charge in [-0.3, -0.25) is 0 Å². The topological polar surface area (TPSA) is 18.5 Å². The molecule has 130 valence electrons. The van der Waals surface area contributed by atoms with Crippen LogP contribution in [0.4, 0.5) is 0 Å². The Bertz CT molecular complexity index is 840. The van der Waals surface area contributed by atoms with Gasteiger partial charge in [-0.25, -0.2) is 0 Å². The molecule has 0 aromatic heterocycles. The maximum atomic E-state index is 6.38. The van der Waals surface area contributed by atoms with Gasteiger partial charge >= 0.3 is 7.12 Å². The van der Waals surface area contributed by atoms with Crippen LogP contribution in [0.5, 0.6) is 0 Å². The highest BCUT2D eigenvalue weighted by molar-refractivity contribution is 6.62. The highest BCUT2D eigenvalue weighted by atomic mass is 16.7. The largest absolute Gasteiger partial charge is 0.494 e. The number of benzene rings is 2. The molecule has 2 nitrogen and oxygen atoms in total. The van der Waals surface area contributed by atoms with E-state index in [2.05, 4.69) is 84.0 Å². The summed E-state index contributed by atoms with van der Waals surface area (Å²) in [7, 11) is -0.301. The van der Waals surface area contributed by atoms with Gasteiger partial charge in [0.15, 0.2) is 0 Å². The number of hydrogen-bond acceptors (Lipinski definition) is 2. The summed E-state index contributed by atoms with van der Waals surface area (Å²) in [5.74, 6) is 0. The summed E-state index contributed by atoms with van der Waals surface area (Å²) in [4.78, 5) is 0. The Hall–Kier alpha value is -1.58. The highest BCUT2D eigenvalue weighted by Crippen LogP contribution is 2.48. The van der Waals surface area contributed by atoms with Crippen LogP contribution in [0, 0.1) is 0 Å². The van der Waals surface area contributed by atoms with E-state index in [9.17, 15) is 0 Å². The van der Waals surface area contributed by atoms with Crippen LogP contribution in [-0.2, 0) is 14.7 Å². The minimum atomic E-state index is -0.302. The van der Waals surface area contributed by atoms with Gasteiger partial charge in [0.1, 0.15) is 0 Å². The first-order valence-electron chi connectivity index (χ1n) is 9.29. The Kier molecular flexibility index (Phi) is 3.52. The molecule has 4 rings (SSSR count). The van der Waals surface area contributed by atoms with Crippen molar-refractivity contribution in [2.45, 2.75) is 64.6 Å². The summed E-state index contributed by atoms with van der Waals surface area (Å²) >= 11 is 0. The SMILES string of the molecule is CCC1(C)OB(c2ccc3c(c2)C(C)(C)c2ccccc2-3)OC1(C)C. The van der Waals surface area contributed by atoms with Crippen molar-refractivity contribution in [2.75, 3.05) is 0 Å². The number of rotatable bonds is 2. The van der Waals surface area contributed by atoms with Crippen LogP contribution in [0.1, 0.15) is 59.1 Å². The second-order valence-corrected chi connectivity index (χ2v) is 8.64. The lowest BCUT2D eigenvalue weighted by Gasteiger charge is -2.35. The van der Waals surface area contributed by atoms with Crippen LogP contribution < -0.4 is 5.46 Å². The molecule has 0 spiro atoms. The lowest BCUT2D eigenvalue weighted by molar-refractivity contribution is -0.0118. The van der Waals surface area contributed by atoms with Crippen LogP contribution in [-0.4, -0.2) is 18.3 Å². The zero-order valence-electron chi connectivity index (χ0n) is 16.1. The average Bonchev–Trinajstić information content (AvgIpc) is 2.97. The molecule has 25 heavy (non-hydrogen) atoms. The van der Waals surface area contributed by atoms with Gasteiger partial charge in [0.2, 0.25) is 0 Å². The zero-order valence-corrected chi connectivity index (χ0v) is 16.1.